The predicted octanol–water partition coefficient (Wildman–Crippen LogP) is -0.318. The van der Waals surface area contributed by atoms with Crippen molar-refractivity contribution < 1.29 is 48.7 Å². The number of nitrogens with one attached hydrogen (secondary N) is 1. The number of carbonyl (C=O) groups excluding carboxylic acids is 3. The lowest BCUT2D eigenvalue weighted by molar-refractivity contribution is -0.301. The van der Waals surface area contributed by atoms with Crippen molar-refractivity contribution >= 4 is 17.8 Å². The summed E-state index contributed by atoms with van der Waals surface area (Å²) in [6, 6.07) is -2.27. The maximum Gasteiger partial charge on any atom is 0.366 e. The van der Waals surface area contributed by atoms with E-state index in [1.165, 1.54) is 6.92 Å². The molecule has 0 aliphatic carbocycles. The topological polar surface area (TPSA) is 210 Å². The number of rotatable bonds is 14. The third-order valence-corrected chi connectivity index (χ3v) is 5.22. The summed E-state index contributed by atoms with van der Waals surface area (Å²) in [5, 5.41) is 35.9. The van der Waals surface area contributed by atoms with Crippen LogP contribution in [0.3, 0.4) is 0 Å². The fourth-order valence-corrected chi connectivity index (χ4v) is 3.62. The first-order valence-electron chi connectivity index (χ1n) is 11.0. The number of aliphatic hydroxyl groups is 3. The van der Waals surface area contributed by atoms with Crippen LogP contribution in [0.25, 0.3) is 10.4 Å². The lowest BCUT2D eigenvalue weighted by Gasteiger charge is -2.47. The highest BCUT2D eigenvalue weighted by Crippen LogP contribution is 2.36. The van der Waals surface area contributed by atoms with Crippen LogP contribution in [0.15, 0.2) is 5.11 Å². The minimum Gasteiger partial charge on any atom is -0.466 e. The molecule has 194 valence electrons. The van der Waals surface area contributed by atoms with E-state index in [2.05, 4.69) is 15.3 Å². The molecule has 0 aromatic heterocycles. The van der Waals surface area contributed by atoms with E-state index in [9.17, 15) is 29.7 Å². The number of methoxy groups -OCH3 is 1. The molecular formula is C20H34N4O10. The number of nitrogens with zero attached hydrogens (tertiary/aromatic N) is 3. The second-order valence-electron chi connectivity index (χ2n) is 7.73. The van der Waals surface area contributed by atoms with E-state index < -0.39 is 54.7 Å². The Hall–Kier alpha value is -2.48. The molecule has 1 unspecified atom stereocenters. The van der Waals surface area contributed by atoms with Crippen molar-refractivity contribution in [1.29, 1.82) is 0 Å². The van der Waals surface area contributed by atoms with Gasteiger partial charge < -0.3 is 39.6 Å². The van der Waals surface area contributed by atoms with Crippen LogP contribution in [-0.4, -0.2) is 96.3 Å². The van der Waals surface area contributed by atoms with Gasteiger partial charge in [-0.15, -0.1) is 0 Å². The Labute approximate surface area is 197 Å². The van der Waals surface area contributed by atoms with Crippen LogP contribution in [-0.2, 0) is 33.3 Å². The van der Waals surface area contributed by atoms with Gasteiger partial charge in [-0.2, -0.15) is 0 Å². The molecule has 0 saturated carbocycles. The van der Waals surface area contributed by atoms with Gasteiger partial charge in [-0.3, -0.25) is 9.59 Å². The zero-order chi connectivity index (χ0) is 25.7. The molecular weight excluding hydrogens is 456 g/mol. The van der Waals surface area contributed by atoms with E-state index in [-0.39, 0.29) is 25.4 Å². The zero-order valence-corrected chi connectivity index (χ0v) is 19.6. The van der Waals surface area contributed by atoms with Crippen LogP contribution in [0.1, 0.15) is 46.0 Å². The number of carbonyl (C=O) groups is 3. The Morgan fingerprint density at radius 2 is 2.00 bits per heavy atom. The van der Waals surface area contributed by atoms with E-state index in [0.29, 0.717) is 25.9 Å². The number of ether oxygens (including phenoxy) is 4. The summed E-state index contributed by atoms with van der Waals surface area (Å²) in [4.78, 5) is 38.6. The Balaban J connectivity index is 3.08. The van der Waals surface area contributed by atoms with Crippen LogP contribution >= 0.6 is 0 Å². The highest BCUT2D eigenvalue weighted by molar-refractivity contribution is 5.78. The fraction of sp³-hybridized carbons (Fsp3) is 0.850. The van der Waals surface area contributed by atoms with Crippen molar-refractivity contribution in [2.24, 2.45) is 5.11 Å². The SMILES string of the molecule is CCOC(=O)CCCCCO[C@]1(C(=O)OC)C[C@@H](N=[N+]=[N-])[C@@H](NC(C)=O)C([C@H](O)[C@H](O)CO)O1. The van der Waals surface area contributed by atoms with Crippen molar-refractivity contribution in [2.45, 2.75) is 82.1 Å². The van der Waals surface area contributed by atoms with Gasteiger partial charge >= 0.3 is 11.9 Å². The van der Waals surface area contributed by atoms with Crippen molar-refractivity contribution in [3.63, 3.8) is 0 Å². The normalized spacial score (nSPS) is 26.0. The monoisotopic (exact) mass is 490 g/mol. The molecule has 6 atom stereocenters. The Morgan fingerprint density at radius 3 is 2.56 bits per heavy atom. The lowest BCUT2D eigenvalue weighted by atomic mass is 9.87. The van der Waals surface area contributed by atoms with Gasteiger partial charge in [0, 0.05) is 24.7 Å². The standard InChI is InChI=1S/C20H34N4O10/c1-4-32-15(28)8-6-5-7-9-33-20(19(30)31-3)10-13(23-24-21)16(22-12(2)26)18(34-20)17(29)14(27)11-25/h13-14,16-18,25,27,29H,4-11H2,1-3H3,(H,22,26)/t13-,14-,16-,17-,18?,20-/m1/s1. The Bertz CT molecular complexity index is 732. The second-order valence-corrected chi connectivity index (χ2v) is 7.73. The molecule has 14 heteroatoms. The molecule has 0 radical (unpaired) electrons. The number of esters is 2. The number of unbranched alkanes of at least 4 members (excludes halogenated alkanes) is 2. The van der Waals surface area contributed by atoms with Crippen LogP contribution in [0.4, 0.5) is 0 Å². The molecule has 1 fully saturated rings. The smallest absolute Gasteiger partial charge is 0.366 e. The average Bonchev–Trinajstić information content (AvgIpc) is 2.81. The first-order valence-corrected chi connectivity index (χ1v) is 11.0. The maximum atomic E-state index is 12.7. The molecule has 1 rings (SSSR count). The van der Waals surface area contributed by atoms with E-state index in [0.717, 1.165) is 7.11 Å². The third kappa shape index (κ3) is 8.38. The quantitative estimate of drug-likeness (QED) is 0.0819. The van der Waals surface area contributed by atoms with Gasteiger partial charge in [0.1, 0.15) is 18.3 Å². The molecule has 1 amide bonds. The van der Waals surface area contributed by atoms with Crippen LogP contribution < -0.4 is 5.32 Å². The highest BCUT2D eigenvalue weighted by atomic mass is 16.7. The van der Waals surface area contributed by atoms with Crippen molar-refractivity contribution in [1.82, 2.24) is 5.32 Å². The minimum atomic E-state index is -2.12. The molecule has 14 nitrogen and oxygen atoms in total. The van der Waals surface area contributed by atoms with Crippen molar-refractivity contribution in [3.05, 3.63) is 10.4 Å². The van der Waals surface area contributed by atoms with E-state index in [4.69, 9.17) is 24.5 Å². The molecule has 0 bridgehead atoms. The van der Waals surface area contributed by atoms with E-state index in [1.54, 1.807) is 6.92 Å². The lowest BCUT2D eigenvalue weighted by Crippen LogP contribution is -2.67. The Morgan fingerprint density at radius 1 is 1.29 bits per heavy atom. The number of azide groups is 1. The van der Waals surface area contributed by atoms with Crippen molar-refractivity contribution in [2.75, 3.05) is 26.9 Å². The molecule has 4 N–H and O–H groups in total. The van der Waals surface area contributed by atoms with Gasteiger partial charge in [-0.05, 0) is 25.3 Å². The Kier molecular flexibility index (Phi) is 12.8. The van der Waals surface area contributed by atoms with E-state index >= 15 is 0 Å². The highest BCUT2D eigenvalue weighted by Gasteiger charge is 2.56. The molecule has 34 heavy (non-hydrogen) atoms. The summed E-state index contributed by atoms with van der Waals surface area (Å²) in [5.41, 5.74) is 9.03. The zero-order valence-electron chi connectivity index (χ0n) is 19.6. The molecule has 0 aromatic rings. The number of amides is 1. The molecule has 1 heterocycles. The van der Waals surface area contributed by atoms with Crippen molar-refractivity contribution in [3.8, 4) is 0 Å². The first kappa shape index (κ1) is 29.6. The molecule has 1 saturated heterocycles. The van der Waals surface area contributed by atoms with Gasteiger partial charge in [-0.1, -0.05) is 11.5 Å². The van der Waals surface area contributed by atoms with E-state index in [1.807, 2.05) is 0 Å². The summed E-state index contributed by atoms with van der Waals surface area (Å²) >= 11 is 0. The number of aliphatic hydroxyl groups excluding tert-OH is 3. The second kappa shape index (κ2) is 14.7. The summed E-state index contributed by atoms with van der Waals surface area (Å²) in [6.07, 6.45) is -3.56. The van der Waals surface area contributed by atoms with Gasteiger partial charge in [-0.25, -0.2) is 4.79 Å². The van der Waals surface area contributed by atoms with Crippen LogP contribution in [0.2, 0.25) is 0 Å². The van der Waals surface area contributed by atoms with Crippen LogP contribution in [0, 0.1) is 0 Å². The van der Waals surface area contributed by atoms with Gasteiger partial charge in [0.2, 0.25) is 5.91 Å². The summed E-state index contributed by atoms with van der Waals surface area (Å²) in [6.45, 7) is 2.34. The van der Waals surface area contributed by atoms with Crippen LogP contribution in [0.5, 0.6) is 0 Å². The number of hydrogen-bond donors (Lipinski definition) is 4. The molecule has 0 spiro atoms. The summed E-state index contributed by atoms with van der Waals surface area (Å²) in [5.74, 6) is -3.96. The molecule has 1 aliphatic rings. The minimum absolute atomic E-state index is 0.0168. The van der Waals surface area contributed by atoms with Gasteiger partial charge in [0.25, 0.3) is 5.79 Å². The maximum absolute atomic E-state index is 12.7. The average molecular weight is 491 g/mol. The first-order chi connectivity index (χ1) is 16.1. The predicted molar refractivity (Wildman–Crippen MR) is 115 cm³/mol. The largest absolute Gasteiger partial charge is 0.466 e. The van der Waals surface area contributed by atoms with Gasteiger partial charge in [0.05, 0.1) is 39.0 Å². The molecule has 0 aromatic carbocycles. The van der Waals surface area contributed by atoms with Gasteiger partial charge in [0.15, 0.2) is 0 Å². The fourth-order valence-electron chi connectivity index (χ4n) is 3.62. The summed E-state index contributed by atoms with van der Waals surface area (Å²) in [7, 11) is 1.09. The number of hydrogen-bond acceptors (Lipinski definition) is 11. The molecule has 1 aliphatic heterocycles. The third-order valence-electron chi connectivity index (χ3n) is 5.22. The summed E-state index contributed by atoms with van der Waals surface area (Å²) < 4.78 is 21.2.